The molecule has 0 aliphatic heterocycles. The van der Waals surface area contributed by atoms with Gasteiger partial charge in [0.05, 0.1) is 13.7 Å². The predicted molar refractivity (Wildman–Crippen MR) is 105 cm³/mol. The van der Waals surface area contributed by atoms with Crippen LogP contribution in [0.4, 0.5) is 0 Å². The standard InChI is InChI=1S/C17H24N4O.HI/c1-4-18-17(20-12-15-9-10-21(2)13-15)19-11-14-5-7-16(22-3)8-6-14;/h5-10,13H,4,11-12H2,1-3H3,(H2,18,19,20);1H. The van der Waals surface area contributed by atoms with Gasteiger partial charge in [0.1, 0.15) is 5.75 Å². The molecule has 0 radical (unpaired) electrons. The fourth-order valence-corrected chi connectivity index (χ4v) is 2.10. The highest BCUT2D eigenvalue weighted by molar-refractivity contribution is 14.0. The monoisotopic (exact) mass is 428 g/mol. The Hall–Kier alpha value is -1.70. The van der Waals surface area contributed by atoms with Crippen LogP contribution in [-0.4, -0.2) is 24.2 Å². The molecule has 6 heteroatoms. The zero-order valence-electron chi connectivity index (χ0n) is 13.9. The largest absolute Gasteiger partial charge is 0.497 e. The lowest BCUT2D eigenvalue weighted by atomic mass is 10.2. The predicted octanol–water partition coefficient (Wildman–Crippen LogP) is 2.91. The van der Waals surface area contributed by atoms with Gasteiger partial charge in [0.25, 0.3) is 0 Å². The molecule has 23 heavy (non-hydrogen) atoms. The molecule has 0 saturated carbocycles. The number of aryl methyl sites for hydroxylation is 1. The lowest BCUT2D eigenvalue weighted by Crippen LogP contribution is -2.36. The van der Waals surface area contributed by atoms with Crippen LogP contribution in [0.5, 0.6) is 5.75 Å². The Bertz CT molecular complexity index is 607. The normalized spacial score (nSPS) is 10.8. The summed E-state index contributed by atoms with van der Waals surface area (Å²) in [5, 5.41) is 6.60. The van der Waals surface area contributed by atoms with Crippen molar-refractivity contribution in [1.29, 1.82) is 0 Å². The summed E-state index contributed by atoms with van der Waals surface area (Å²) >= 11 is 0. The Morgan fingerprint density at radius 2 is 1.87 bits per heavy atom. The molecule has 0 saturated heterocycles. The zero-order valence-corrected chi connectivity index (χ0v) is 16.2. The number of ether oxygens (including phenoxy) is 1. The number of hydrogen-bond donors (Lipinski definition) is 2. The van der Waals surface area contributed by atoms with Crippen LogP contribution in [0.3, 0.4) is 0 Å². The van der Waals surface area contributed by atoms with Crippen LogP contribution < -0.4 is 15.4 Å². The Labute approximate surface area is 155 Å². The molecule has 126 valence electrons. The molecule has 0 unspecified atom stereocenters. The van der Waals surface area contributed by atoms with E-state index in [1.54, 1.807) is 7.11 Å². The van der Waals surface area contributed by atoms with Crippen molar-refractivity contribution < 1.29 is 4.74 Å². The van der Waals surface area contributed by atoms with Crippen LogP contribution in [0.2, 0.25) is 0 Å². The molecular formula is C17H25IN4O. The van der Waals surface area contributed by atoms with Gasteiger partial charge < -0.3 is 19.9 Å². The zero-order chi connectivity index (χ0) is 15.8. The molecule has 0 fully saturated rings. The summed E-state index contributed by atoms with van der Waals surface area (Å²) in [7, 11) is 3.69. The van der Waals surface area contributed by atoms with E-state index in [-0.39, 0.29) is 24.0 Å². The molecule has 1 aromatic heterocycles. The number of nitrogens with zero attached hydrogens (tertiary/aromatic N) is 2. The number of aromatic nitrogens is 1. The van der Waals surface area contributed by atoms with Crippen LogP contribution in [0.25, 0.3) is 0 Å². The molecule has 2 N–H and O–H groups in total. The van der Waals surface area contributed by atoms with E-state index >= 15 is 0 Å². The number of rotatable bonds is 6. The summed E-state index contributed by atoms with van der Waals surface area (Å²) < 4.78 is 7.19. The van der Waals surface area contributed by atoms with Crippen molar-refractivity contribution in [2.45, 2.75) is 20.0 Å². The Morgan fingerprint density at radius 3 is 2.43 bits per heavy atom. The summed E-state index contributed by atoms with van der Waals surface area (Å²) in [6.07, 6.45) is 4.11. The highest BCUT2D eigenvalue weighted by Gasteiger charge is 2.00. The van der Waals surface area contributed by atoms with Gasteiger partial charge in [-0.05, 0) is 36.2 Å². The third-order valence-electron chi connectivity index (χ3n) is 3.28. The molecule has 0 aliphatic carbocycles. The fraction of sp³-hybridized carbons (Fsp3) is 0.353. The first-order valence-electron chi connectivity index (χ1n) is 7.47. The molecule has 2 aromatic rings. The Kier molecular flexibility index (Phi) is 8.53. The fourth-order valence-electron chi connectivity index (χ4n) is 2.10. The average molecular weight is 428 g/mol. The van der Waals surface area contributed by atoms with E-state index in [0.29, 0.717) is 6.54 Å². The molecule has 0 atom stereocenters. The maximum atomic E-state index is 5.16. The van der Waals surface area contributed by atoms with Crippen LogP contribution in [0.15, 0.2) is 47.7 Å². The highest BCUT2D eigenvalue weighted by Crippen LogP contribution is 2.10. The van der Waals surface area contributed by atoms with Gasteiger partial charge in [0.15, 0.2) is 5.96 Å². The summed E-state index contributed by atoms with van der Waals surface area (Å²) in [5.74, 6) is 1.69. The van der Waals surface area contributed by atoms with Gasteiger partial charge >= 0.3 is 0 Å². The Morgan fingerprint density at radius 1 is 1.13 bits per heavy atom. The average Bonchev–Trinajstić information content (AvgIpc) is 2.96. The van der Waals surface area contributed by atoms with E-state index in [0.717, 1.165) is 24.8 Å². The second-order valence-electron chi connectivity index (χ2n) is 5.08. The van der Waals surface area contributed by atoms with E-state index in [9.17, 15) is 0 Å². The summed E-state index contributed by atoms with van der Waals surface area (Å²) in [5.41, 5.74) is 2.38. The van der Waals surface area contributed by atoms with Gasteiger partial charge in [-0.25, -0.2) is 4.99 Å². The number of hydrogen-bond acceptors (Lipinski definition) is 2. The minimum Gasteiger partial charge on any atom is -0.497 e. The van der Waals surface area contributed by atoms with Gasteiger partial charge in [-0.15, -0.1) is 24.0 Å². The summed E-state index contributed by atoms with van der Waals surface area (Å²) in [4.78, 5) is 4.60. The minimum atomic E-state index is 0. The number of nitrogens with one attached hydrogen (secondary N) is 2. The van der Waals surface area contributed by atoms with Gasteiger partial charge in [-0.3, -0.25) is 0 Å². The molecular weight excluding hydrogens is 403 g/mol. The van der Waals surface area contributed by atoms with Crippen LogP contribution in [0.1, 0.15) is 18.1 Å². The van der Waals surface area contributed by atoms with E-state index < -0.39 is 0 Å². The second-order valence-corrected chi connectivity index (χ2v) is 5.08. The van der Waals surface area contributed by atoms with Crippen LogP contribution in [0, 0.1) is 0 Å². The van der Waals surface area contributed by atoms with E-state index in [2.05, 4.69) is 34.8 Å². The topological polar surface area (TPSA) is 50.6 Å². The number of halogens is 1. The SMILES string of the molecule is CCNC(=NCc1ccn(C)c1)NCc1ccc(OC)cc1.I. The molecule has 0 amide bonds. The first-order chi connectivity index (χ1) is 10.7. The van der Waals surface area contributed by atoms with E-state index in [1.807, 2.05) is 42.1 Å². The molecule has 5 nitrogen and oxygen atoms in total. The second kappa shape index (κ2) is 10.1. The molecule has 0 aliphatic rings. The van der Waals surface area contributed by atoms with E-state index in [1.165, 1.54) is 11.1 Å². The molecule has 1 heterocycles. The number of aliphatic imine (C=N–C) groups is 1. The lowest BCUT2D eigenvalue weighted by molar-refractivity contribution is 0.414. The van der Waals surface area contributed by atoms with Gasteiger partial charge in [-0.1, -0.05) is 12.1 Å². The third kappa shape index (κ3) is 6.52. The van der Waals surface area contributed by atoms with Crippen LogP contribution >= 0.6 is 24.0 Å². The van der Waals surface area contributed by atoms with Crippen molar-refractivity contribution in [2.75, 3.05) is 13.7 Å². The molecule has 1 aromatic carbocycles. The Balaban J connectivity index is 0.00000264. The summed E-state index contributed by atoms with van der Waals surface area (Å²) in [6.45, 7) is 4.29. The van der Waals surface area contributed by atoms with Crippen molar-refractivity contribution in [3.63, 3.8) is 0 Å². The first-order valence-corrected chi connectivity index (χ1v) is 7.47. The van der Waals surface area contributed by atoms with Gasteiger partial charge in [0, 0.05) is 32.5 Å². The number of methoxy groups -OCH3 is 1. The maximum absolute atomic E-state index is 5.16. The third-order valence-corrected chi connectivity index (χ3v) is 3.28. The summed E-state index contributed by atoms with van der Waals surface area (Å²) in [6, 6.07) is 10.1. The molecule has 0 spiro atoms. The van der Waals surface area contributed by atoms with Crippen molar-refractivity contribution in [2.24, 2.45) is 12.0 Å². The van der Waals surface area contributed by atoms with Gasteiger partial charge in [0.2, 0.25) is 0 Å². The van der Waals surface area contributed by atoms with Gasteiger partial charge in [-0.2, -0.15) is 0 Å². The van der Waals surface area contributed by atoms with Crippen LogP contribution in [-0.2, 0) is 20.1 Å². The van der Waals surface area contributed by atoms with Crippen molar-refractivity contribution in [3.05, 3.63) is 53.9 Å². The highest BCUT2D eigenvalue weighted by atomic mass is 127. The van der Waals surface area contributed by atoms with Crippen molar-refractivity contribution >= 4 is 29.9 Å². The number of benzene rings is 1. The smallest absolute Gasteiger partial charge is 0.191 e. The van der Waals surface area contributed by atoms with Crippen molar-refractivity contribution in [3.8, 4) is 5.75 Å². The maximum Gasteiger partial charge on any atom is 0.191 e. The van der Waals surface area contributed by atoms with E-state index in [4.69, 9.17) is 4.74 Å². The quantitative estimate of drug-likeness (QED) is 0.423. The molecule has 2 rings (SSSR count). The van der Waals surface area contributed by atoms with Crippen molar-refractivity contribution in [1.82, 2.24) is 15.2 Å². The first kappa shape index (κ1) is 19.3. The minimum absolute atomic E-state index is 0. The number of guanidine groups is 1. The lowest BCUT2D eigenvalue weighted by Gasteiger charge is -2.11. The molecule has 0 bridgehead atoms.